The van der Waals surface area contributed by atoms with Crippen molar-refractivity contribution in [3.63, 3.8) is 0 Å². The molecule has 2 heterocycles. The van der Waals surface area contributed by atoms with E-state index in [1.165, 1.54) is 11.8 Å². The number of anilines is 3. The van der Waals surface area contributed by atoms with Crippen LogP contribution >= 0.6 is 11.8 Å². The Morgan fingerprint density at radius 1 is 1.33 bits per heavy atom. The van der Waals surface area contributed by atoms with Crippen molar-refractivity contribution in [1.82, 2.24) is 4.98 Å². The Balaban J connectivity index is 1.77. The van der Waals surface area contributed by atoms with E-state index in [0.29, 0.717) is 29.9 Å². The topological polar surface area (TPSA) is 98.6 Å². The van der Waals surface area contributed by atoms with Crippen molar-refractivity contribution in [3.8, 4) is 6.07 Å². The third-order valence-electron chi connectivity index (χ3n) is 5.54. The number of nitriles is 1. The second-order valence-electron chi connectivity index (χ2n) is 7.72. The maximum atomic E-state index is 12.8. The van der Waals surface area contributed by atoms with E-state index >= 15 is 0 Å². The van der Waals surface area contributed by atoms with Crippen molar-refractivity contribution in [2.24, 2.45) is 4.99 Å². The second kappa shape index (κ2) is 11.5. The van der Waals surface area contributed by atoms with Crippen LogP contribution in [0.3, 0.4) is 0 Å². The molecule has 1 amide bonds. The van der Waals surface area contributed by atoms with Crippen LogP contribution < -0.4 is 15.5 Å². The number of unbranched alkanes of at least 4 members (excludes halogenated alkanes) is 1. The molecule has 0 aliphatic carbocycles. The van der Waals surface area contributed by atoms with Crippen molar-refractivity contribution >= 4 is 39.9 Å². The number of nitrogens with zero attached hydrogens (tertiary/aromatic N) is 5. The summed E-state index contributed by atoms with van der Waals surface area (Å²) in [6.07, 6.45) is 8.31. The third-order valence-corrected chi connectivity index (χ3v) is 6.25. The summed E-state index contributed by atoms with van der Waals surface area (Å²) in [5.74, 6) is 0.815. The predicted octanol–water partition coefficient (Wildman–Crippen LogP) is 4.59. The molecule has 0 saturated heterocycles. The summed E-state index contributed by atoms with van der Waals surface area (Å²) in [6.45, 7) is 6.74. The van der Waals surface area contributed by atoms with Crippen LogP contribution in [-0.4, -0.2) is 41.8 Å². The van der Waals surface area contributed by atoms with E-state index in [2.05, 4.69) is 29.8 Å². The monoisotopic (exact) mass is 462 g/mol. The Labute approximate surface area is 200 Å². The number of nitrogens with two attached hydrogens (primary N) is 1. The predicted molar refractivity (Wildman–Crippen MR) is 138 cm³/mol. The van der Waals surface area contributed by atoms with Gasteiger partial charge in [-0.15, -0.1) is 11.8 Å². The van der Waals surface area contributed by atoms with Crippen molar-refractivity contribution in [2.45, 2.75) is 33.1 Å². The largest absolute Gasteiger partial charge is 0.398 e. The van der Waals surface area contributed by atoms with E-state index in [0.717, 1.165) is 48.1 Å². The normalized spacial score (nSPS) is 14.1. The van der Waals surface area contributed by atoms with Gasteiger partial charge in [0.05, 0.1) is 5.56 Å². The van der Waals surface area contributed by atoms with Crippen molar-refractivity contribution < 1.29 is 4.79 Å². The van der Waals surface area contributed by atoms with Gasteiger partial charge in [-0.25, -0.2) is 9.98 Å². The highest BCUT2D eigenvalue weighted by Gasteiger charge is 2.21. The molecule has 3 rings (SSSR count). The smallest absolute Gasteiger partial charge is 0.252 e. The average Bonchev–Trinajstić information content (AvgIpc) is 2.84. The highest BCUT2D eigenvalue weighted by atomic mass is 32.2. The average molecular weight is 463 g/mol. The van der Waals surface area contributed by atoms with Gasteiger partial charge < -0.3 is 15.5 Å². The molecule has 33 heavy (non-hydrogen) atoms. The Kier molecular flexibility index (Phi) is 8.50. The fourth-order valence-corrected chi connectivity index (χ4v) is 4.19. The fraction of sp³-hybridized carbons (Fsp3) is 0.360. The molecule has 0 bridgehead atoms. The number of hydrogen-bond donors (Lipinski definition) is 1. The SMILES string of the molecule is CCCCN(CC)c1ccc(C(=NC2=CC(=O)N(c3ccc(N)c(C#N)c3)CC2)SC)cn1. The highest BCUT2D eigenvalue weighted by molar-refractivity contribution is 8.13. The molecular weight excluding hydrogens is 432 g/mol. The number of thioether (sulfide) groups is 1. The van der Waals surface area contributed by atoms with E-state index in [9.17, 15) is 10.1 Å². The number of carbonyl (C=O) groups excluding carboxylic acids is 1. The van der Waals surface area contributed by atoms with Crippen molar-refractivity contribution in [1.29, 1.82) is 5.26 Å². The maximum Gasteiger partial charge on any atom is 0.252 e. The van der Waals surface area contributed by atoms with Crippen LogP contribution in [0.15, 0.2) is 53.3 Å². The minimum absolute atomic E-state index is 0.155. The zero-order valence-corrected chi connectivity index (χ0v) is 20.2. The van der Waals surface area contributed by atoms with Crippen molar-refractivity contribution in [2.75, 3.05) is 41.4 Å². The first-order chi connectivity index (χ1) is 16.0. The highest BCUT2D eigenvalue weighted by Crippen LogP contribution is 2.26. The molecule has 2 N–H and O–H groups in total. The Bertz CT molecular complexity index is 1090. The maximum absolute atomic E-state index is 12.8. The molecule has 1 aliphatic rings. The molecule has 0 unspecified atom stereocenters. The van der Waals surface area contributed by atoms with E-state index in [1.807, 2.05) is 24.6 Å². The standard InChI is InChI=1S/C25H30N6OS/c1-4-6-12-30(5-2)23-10-7-18(17-28-23)25(33-3)29-20-11-13-31(24(32)15-20)21-8-9-22(27)19(14-21)16-26/h7-10,14-15,17H,4-6,11-13,27H2,1-3H3. The van der Waals surface area contributed by atoms with Gasteiger partial charge in [0.25, 0.3) is 5.91 Å². The first-order valence-corrected chi connectivity index (χ1v) is 12.4. The Morgan fingerprint density at radius 3 is 2.76 bits per heavy atom. The lowest BCUT2D eigenvalue weighted by Gasteiger charge is -2.26. The van der Waals surface area contributed by atoms with Crippen LogP contribution in [0, 0.1) is 11.3 Å². The second-order valence-corrected chi connectivity index (χ2v) is 8.51. The molecular formula is C25H30N6OS. The molecule has 1 aromatic heterocycles. The third kappa shape index (κ3) is 5.93. The molecule has 0 saturated carbocycles. The summed E-state index contributed by atoms with van der Waals surface area (Å²) in [5, 5.41) is 10.0. The van der Waals surface area contributed by atoms with Crippen LogP contribution in [0.25, 0.3) is 0 Å². The van der Waals surface area contributed by atoms with Gasteiger partial charge in [0.2, 0.25) is 0 Å². The minimum atomic E-state index is -0.155. The van der Waals surface area contributed by atoms with Gasteiger partial charge in [0.15, 0.2) is 0 Å². The van der Waals surface area contributed by atoms with Gasteiger partial charge in [-0.2, -0.15) is 5.26 Å². The van der Waals surface area contributed by atoms with Gasteiger partial charge >= 0.3 is 0 Å². The molecule has 0 radical (unpaired) electrons. The van der Waals surface area contributed by atoms with Gasteiger partial charge in [-0.1, -0.05) is 13.3 Å². The number of aromatic nitrogens is 1. The van der Waals surface area contributed by atoms with Gasteiger partial charge in [-0.05, 0) is 49.9 Å². The number of pyridine rings is 1. The number of aliphatic imine (C=N–C) groups is 1. The minimum Gasteiger partial charge on any atom is -0.398 e. The summed E-state index contributed by atoms with van der Waals surface area (Å²) in [6, 6.07) is 11.2. The Morgan fingerprint density at radius 2 is 2.15 bits per heavy atom. The lowest BCUT2D eigenvalue weighted by atomic mass is 10.1. The van der Waals surface area contributed by atoms with Crippen LogP contribution in [0.4, 0.5) is 17.2 Å². The number of carbonyl (C=O) groups is 1. The molecule has 1 aromatic carbocycles. The van der Waals surface area contributed by atoms with E-state index in [4.69, 9.17) is 10.7 Å². The lowest BCUT2D eigenvalue weighted by molar-refractivity contribution is -0.114. The lowest BCUT2D eigenvalue weighted by Crippen LogP contribution is -2.34. The zero-order chi connectivity index (χ0) is 23.8. The number of hydrogen-bond acceptors (Lipinski definition) is 7. The van der Waals surface area contributed by atoms with E-state index in [1.54, 1.807) is 29.2 Å². The van der Waals surface area contributed by atoms with Gasteiger partial charge in [0.1, 0.15) is 16.9 Å². The van der Waals surface area contributed by atoms with Crippen LogP contribution in [0.1, 0.15) is 44.2 Å². The van der Waals surface area contributed by atoms with Crippen molar-refractivity contribution in [3.05, 3.63) is 59.4 Å². The van der Waals surface area contributed by atoms with E-state index < -0.39 is 0 Å². The summed E-state index contributed by atoms with van der Waals surface area (Å²) < 4.78 is 0. The van der Waals surface area contributed by atoms with Gasteiger partial charge in [0, 0.05) is 61.0 Å². The van der Waals surface area contributed by atoms with Gasteiger partial charge in [-0.3, -0.25) is 4.79 Å². The summed E-state index contributed by atoms with van der Waals surface area (Å²) in [7, 11) is 0. The quantitative estimate of drug-likeness (QED) is 0.350. The molecule has 0 spiro atoms. The molecule has 8 heteroatoms. The molecule has 0 fully saturated rings. The zero-order valence-electron chi connectivity index (χ0n) is 19.4. The molecule has 172 valence electrons. The first kappa shape index (κ1) is 24.3. The number of amides is 1. The molecule has 7 nitrogen and oxygen atoms in total. The van der Waals surface area contributed by atoms with Crippen LogP contribution in [0.2, 0.25) is 0 Å². The molecule has 1 aliphatic heterocycles. The molecule has 0 atom stereocenters. The number of benzene rings is 1. The first-order valence-electron chi connectivity index (χ1n) is 11.2. The Hall–Kier alpha value is -3.31. The summed E-state index contributed by atoms with van der Waals surface area (Å²) >= 11 is 1.54. The molecule has 2 aromatic rings. The van der Waals surface area contributed by atoms with Crippen LogP contribution in [0.5, 0.6) is 0 Å². The van der Waals surface area contributed by atoms with Crippen LogP contribution in [-0.2, 0) is 4.79 Å². The van der Waals surface area contributed by atoms with E-state index in [-0.39, 0.29) is 5.91 Å². The number of nitrogen functional groups attached to an aromatic ring is 1. The fourth-order valence-electron chi connectivity index (χ4n) is 3.62. The summed E-state index contributed by atoms with van der Waals surface area (Å²) in [5.41, 5.74) is 8.91. The number of rotatable bonds is 8. The summed E-state index contributed by atoms with van der Waals surface area (Å²) in [4.78, 5) is 26.1.